The summed E-state index contributed by atoms with van der Waals surface area (Å²) in [7, 11) is 0. The molecule has 1 aliphatic rings. The van der Waals surface area contributed by atoms with E-state index < -0.39 is 5.60 Å². The van der Waals surface area contributed by atoms with Gasteiger partial charge in [-0.3, -0.25) is 4.79 Å². The van der Waals surface area contributed by atoms with Gasteiger partial charge in [-0.15, -0.1) is 6.58 Å². The lowest BCUT2D eigenvalue weighted by Crippen LogP contribution is -2.39. The Morgan fingerprint density at radius 3 is 2.88 bits per heavy atom. The molecule has 1 aliphatic carbocycles. The summed E-state index contributed by atoms with van der Waals surface area (Å²) >= 11 is 0. The van der Waals surface area contributed by atoms with Crippen LogP contribution in [0.2, 0.25) is 0 Å². The van der Waals surface area contributed by atoms with Crippen LogP contribution in [0, 0.1) is 5.92 Å². The largest absolute Gasteiger partial charge is 0.498 e. The van der Waals surface area contributed by atoms with E-state index in [1.165, 1.54) is 6.08 Å². The minimum absolute atomic E-state index is 0.266. The summed E-state index contributed by atoms with van der Waals surface area (Å²) in [4.78, 5) is 11.7. The predicted octanol–water partition coefficient (Wildman–Crippen LogP) is 2.21. The van der Waals surface area contributed by atoms with Crippen LogP contribution < -0.4 is 0 Å². The van der Waals surface area contributed by atoms with Gasteiger partial charge < -0.3 is 9.84 Å². The molecule has 0 fully saturated rings. The first-order valence-electron chi connectivity index (χ1n) is 5.69. The lowest BCUT2D eigenvalue weighted by Gasteiger charge is -2.28. The molecule has 3 heteroatoms. The number of carbonyl (C=O) groups is 1. The molecule has 0 heterocycles. The average Bonchev–Trinajstić information content (AvgIpc) is 2.21. The molecule has 0 radical (unpaired) electrons. The number of aliphatic hydroxyl groups is 1. The molecule has 90 valence electrons. The van der Waals surface area contributed by atoms with Gasteiger partial charge in [0.25, 0.3) is 0 Å². The van der Waals surface area contributed by atoms with Crippen molar-refractivity contribution < 1.29 is 14.6 Å². The lowest BCUT2D eigenvalue weighted by atomic mass is 9.84. The third kappa shape index (κ3) is 3.20. The number of ketones is 1. The highest BCUT2D eigenvalue weighted by molar-refractivity contribution is 5.98. The van der Waals surface area contributed by atoms with Gasteiger partial charge >= 0.3 is 0 Å². The molecule has 0 aromatic rings. The molecule has 0 saturated carbocycles. The van der Waals surface area contributed by atoms with Crippen LogP contribution in [0.5, 0.6) is 0 Å². The summed E-state index contributed by atoms with van der Waals surface area (Å²) in [6.07, 6.45) is 4.34. The molecular formula is C13H20O3. The second-order valence-electron chi connectivity index (χ2n) is 4.70. The van der Waals surface area contributed by atoms with Crippen molar-refractivity contribution in [3.8, 4) is 0 Å². The molecule has 0 aromatic heterocycles. The average molecular weight is 224 g/mol. The molecule has 3 nitrogen and oxygen atoms in total. The van der Waals surface area contributed by atoms with Crippen molar-refractivity contribution in [1.29, 1.82) is 0 Å². The summed E-state index contributed by atoms with van der Waals surface area (Å²) < 4.78 is 5.49. The van der Waals surface area contributed by atoms with E-state index >= 15 is 0 Å². The SMILES string of the molecule is C=CCC1(O)CCC(OCC(C)C)=CC1=O. The number of rotatable bonds is 5. The van der Waals surface area contributed by atoms with Gasteiger partial charge in [-0.25, -0.2) is 0 Å². The van der Waals surface area contributed by atoms with Crippen molar-refractivity contribution in [1.82, 2.24) is 0 Å². The molecule has 0 aliphatic heterocycles. The standard InChI is InChI=1S/C13H20O3/c1-4-6-13(15)7-5-11(8-12(13)14)16-9-10(2)3/h4,8,10,15H,1,5-7,9H2,2-3H3. The molecule has 0 spiro atoms. The zero-order chi connectivity index (χ0) is 12.2. The van der Waals surface area contributed by atoms with Gasteiger partial charge in [-0.1, -0.05) is 19.9 Å². The molecule has 1 atom stereocenters. The quantitative estimate of drug-likeness (QED) is 0.728. The van der Waals surface area contributed by atoms with Gasteiger partial charge in [0.2, 0.25) is 0 Å². The summed E-state index contributed by atoms with van der Waals surface area (Å²) in [5.41, 5.74) is -1.26. The van der Waals surface area contributed by atoms with Crippen molar-refractivity contribution in [2.45, 2.75) is 38.7 Å². The number of hydrogen-bond acceptors (Lipinski definition) is 3. The van der Waals surface area contributed by atoms with Gasteiger partial charge in [0, 0.05) is 18.9 Å². The molecule has 0 saturated heterocycles. The molecule has 1 N–H and O–H groups in total. The van der Waals surface area contributed by atoms with Crippen LogP contribution in [0.15, 0.2) is 24.5 Å². The first-order chi connectivity index (χ1) is 7.48. The van der Waals surface area contributed by atoms with E-state index in [0.717, 1.165) is 0 Å². The minimum atomic E-state index is -1.26. The van der Waals surface area contributed by atoms with Gasteiger partial charge in [0.05, 0.1) is 12.4 Å². The summed E-state index contributed by atoms with van der Waals surface area (Å²) in [5.74, 6) is 0.856. The Balaban J connectivity index is 2.61. The fraction of sp³-hybridized carbons (Fsp3) is 0.615. The van der Waals surface area contributed by atoms with Crippen molar-refractivity contribution in [3.05, 3.63) is 24.5 Å². The fourth-order valence-corrected chi connectivity index (χ4v) is 1.63. The number of carbonyl (C=O) groups excluding carboxylic acids is 1. The third-order valence-electron chi connectivity index (χ3n) is 2.62. The maximum absolute atomic E-state index is 11.7. The third-order valence-corrected chi connectivity index (χ3v) is 2.62. The van der Waals surface area contributed by atoms with E-state index in [-0.39, 0.29) is 5.78 Å². The van der Waals surface area contributed by atoms with Crippen LogP contribution in [0.1, 0.15) is 33.1 Å². The van der Waals surface area contributed by atoms with Crippen LogP contribution in [0.4, 0.5) is 0 Å². The minimum Gasteiger partial charge on any atom is -0.498 e. The van der Waals surface area contributed by atoms with Gasteiger partial charge in [-0.05, 0) is 12.3 Å². The van der Waals surface area contributed by atoms with Gasteiger partial charge in [-0.2, -0.15) is 0 Å². The Bertz CT molecular complexity index is 304. The van der Waals surface area contributed by atoms with E-state index in [2.05, 4.69) is 20.4 Å². The maximum Gasteiger partial charge on any atom is 0.190 e. The normalized spacial score (nSPS) is 25.5. The van der Waals surface area contributed by atoms with Gasteiger partial charge in [0.15, 0.2) is 5.78 Å². The predicted molar refractivity (Wildman–Crippen MR) is 62.9 cm³/mol. The van der Waals surface area contributed by atoms with Crippen LogP contribution >= 0.6 is 0 Å². The Morgan fingerprint density at radius 1 is 1.69 bits per heavy atom. The maximum atomic E-state index is 11.7. The molecule has 0 amide bonds. The smallest absolute Gasteiger partial charge is 0.190 e. The highest BCUT2D eigenvalue weighted by atomic mass is 16.5. The van der Waals surface area contributed by atoms with Gasteiger partial charge in [0.1, 0.15) is 5.60 Å². The van der Waals surface area contributed by atoms with Crippen molar-refractivity contribution in [2.24, 2.45) is 5.92 Å². The first kappa shape index (κ1) is 13.0. The van der Waals surface area contributed by atoms with Crippen molar-refractivity contribution in [3.63, 3.8) is 0 Å². The zero-order valence-electron chi connectivity index (χ0n) is 10.0. The number of allylic oxidation sites excluding steroid dienone is 1. The number of hydrogen-bond donors (Lipinski definition) is 1. The zero-order valence-corrected chi connectivity index (χ0v) is 10.0. The van der Waals surface area contributed by atoms with E-state index in [4.69, 9.17) is 4.74 Å². The second kappa shape index (κ2) is 5.30. The Kier molecular flexibility index (Phi) is 4.30. The topological polar surface area (TPSA) is 46.5 Å². The summed E-state index contributed by atoms with van der Waals surface area (Å²) in [6, 6.07) is 0. The van der Waals surface area contributed by atoms with Crippen LogP contribution in [-0.4, -0.2) is 23.1 Å². The Morgan fingerprint density at radius 2 is 2.38 bits per heavy atom. The highest BCUT2D eigenvalue weighted by Gasteiger charge is 2.36. The van der Waals surface area contributed by atoms with Crippen molar-refractivity contribution in [2.75, 3.05) is 6.61 Å². The van der Waals surface area contributed by atoms with Crippen molar-refractivity contribution >= 4 is 5.78 Å². The Hall–Kier alpha value is -1.09. The van der Waals surface area contributed by atoms with E-state index in [0.29, 0.717) is 37.5 Å². The lowest BCUT2D eigenvalue weighted by molar-refractivity contribution is -0.134. The summed E-state index contributed by atoms with van der Waals surface area (Å²) in [5, 5.41) is 10.0. The van der Waals surface area contributed by atoms with E-state index in [9.17, 15) is 9.90 Å². The monoisotopic (exact) mass is 224 g/mol. The molecule has 0 aromatic carbocycles. The molecular weight excluding hydrogens is 204 g/mol. The van der Waals surface area contributed by atoms with Crippen LogP contribution in [0.3, 0.4) is 0 Å². The van der Waals surface area contributed by atoms with Crippen LogP contribution in [0.25, 0.3) is 0 Å². The molecule has 1 unspecified atom stereocenters. The molecule has 0 bridgehead atoms. The van der Waals surface area contributed by atoms with E-state index in [1.807, 2.05) is 0 Å². The van der Waals surface area contributed by atoms with E-state index in [1.54, 1.807) is 6.08 Å². The Labute approximate surface area is 96.8 Å². The number of ether oxygens (including phenoxy) is 1. The first-order valence-corrected chi connectivity index (χ1v) is 5.69. The second-order valence-corrected chi connectivity index (χ2v) is 4.70. The van der Waals surface area contributed by atoms with Crippen LogP contribution in [-0.2, 0) is 9.53 Å². The summed E-state index contributed by atoms with van der Waals surface area (Å²) in [6.45, 7) is 8.27. The highest BCUT2D eigenvalue weighted by Crippen LogP contribution is 2.28. The molecule has 16 heavy (non-hydrogen) atoms. The molecule has 1 rings (SSSR count). The fourth-order valence-electron chi connectivity index (χ4n) is 1.63.